The van der Waals surface area contributed by atoms with Crippen LogP contribution in [0.1, 0.15) is 23.0 Å². The summed E-state index contributed by atoms with van der Waals surface area (Å²) in [6, 6.07) is 8.66. The van der Waals surface area contributed by atoms with Crippen LogP contribution in [0.5, 0.6) is 0 Å². The third kappa shape index (κ3) is 5.60. The summed E-state index contributed by atoms with van der Waals surface area (Å²) < 4.78 is 4.78. The predicted octanol–water partition coefficient (Wildman–Crippen LogP) is 1.82. The summed E-state index contributed by atoms with van der Waals surface area (Å²) in [4.78, 5) is 30.5. The zero-order valence-electron chi connectivity index (χ0n) is 12.5. The molecule has 1 aromatic carbocycles. The second-order valence-electron chi connectivity index (χ2n) is 4.36. The molecule has 2 aromatic rings. The fourth-order valence-electron chi connectivity index (χ4n) is 1.51. The summed E-state index contributed by atoms with van der Waals surface area (Å²) in [5, 5.41) is 27.7. The van der Waals surface area contributed by atoms with E-state index in [0.29, 0.717) is 11.3 Å². The summed E-state index contributed by atoms with van der Waals surface area (Å²) >= 11 is 0. The molecule has 2 rings (SSSR count). The number of nitrogen functional groups attached to an aromatic ring is 1. The van der Waals surface area contributed by atoms with Crippen LogP contribution < -0.4 is 11.1 Å². The number of carboxylic acids is 1. The third-order valence-electron chi connectivity index (χ3n) is 2.43. The van der Waals surface area contributed by atoms with Gasteiger partial charge in [-0.2, -0.15) is 0 Å². The normalized spacial score (nSPS) is 9.38. The first-order valence-corrected chi connectivity index (χ1v) is 6.40. The maximum atomic E-state index is 11.8. The molecule has 0 saturated heterocycles. The van der Waals surface area contributed by atoms with Gasteiger partial charge in [-0.3, -0.25) is 25.1 Å². The number of benzene rings is 1. The van der Waals surface area contributed by atoms with Crippen LogP contribution in [-0.4, -0.2) is 27.7 Å². The molecule has 0 spiro atoms. The SMILES string of the molecule is CC(=O)O.N=C(N)c1cccc(NC(=O)c2ccc([N+](=O)[O-])o2)c1. The number of rotatable bonds is 4. The van der Waals surface area contributed by atoms with Gasteiger partial charge >= 0.3 is 5.88 Å². The Hall–Kier alpha value is -3.69. The molecule has 1 heterocycles. The van der Waals surface area contributed by atoms with Gasteiger partial charge in [-0.15, -0.1) is 0 Å². The number of hydrogen-bond donors (Lipinski definition) is 4. The first-order valence-electron chi connectivity index (χ1n) is 6.40. The highest BCUT2D eigenvalue weighted by atomic mass is 16.6. The van der Waals surface area contributed by atoms with Crippen LogP contribution in [0.15, 0.2) is 40.8 Å². The Balaban J connectivity index is 0.000000648. The number of aliphatic carboxylic acids is 1. The molecular weight excluding hydrogens is 320 g/mol. The van der Waals surface area contributed by atoms with E-state index in [2.05, 4.69) is 5.32 Å². The topological polar surface area (TPSA) is 173 Å². The number of furan rings is 1. The van der Waals surface area contributed by atoms with E-state index in [1.165, 1.54) is 12.1 Å². The smallest absolute Gasteiger partial charge is 0.433 e. The molecule has 1 amide bonds. The fraction of sp³-hybridized carbons (Fsp3) is 0.0714. The van der Waals surface area contributed by atoms with Gasteiger partial charge in [0.2, 0.25) is 0 Å². The monoisotopic (exact) mass is 334 g/mol. The van der Waals surface area contributed by atoms with E-state index in [1.54, 1.807) is 18.2 Å². The Morgan fingerprint density at radius 2 is 1.96 bits per heavy atom. The molecule has 0 aliphatic carbocycles. The Bertz CT molecular complexity index is 779. The van der Waals surface area contributed by atoms with Crippen molar-refractivity contribution in [2.45, 2.75) is 6.92 Å². The van der Waals surface area contributed by atoms with Crippen LogP contribution in [0, 0.1) is 15.5 Å². The summed E-state index contributed by atoms with van der Waals surface area (Å²) in [7, 11) is 0. The molecule has 126 valence electrons. The Morgan fingerprint density at radius 1 is 1.33 bits per heavy atom. The van der Waals surface area contributed by atoms with Crippen molar-refractivity contribution in [1.29, 1.82) is 5.41 Å². The van der Waals surface area contributed by atoms with Gasteiger partial charge in [0.25, 0.3) is 11.9 Å². The Labute approximate surface area is 135 Å². The minimum Gasteiger partial charge on any atom is -0.481 e. The molecule has 0 aliphatic heterocycles. The predicted molar refractivity (Wildman–Crippen MR) is 84.1 cm³/mol. The number of nitrogens with one attached hydrogen (secondary N) is 2. The van der Waals surface area contributed by atoms with Crippen LogP contribution in [0.25, 0.3) is 0 Å². The van der Waals surface area contributed by atoms with Crippen molar-refractivity contribution in [1.82, 2.24) is 0 Å². The van der Waals surface area contributed by atoms with E-state index in [-0.39, 0.29) is 11.6 Å². The van der Waals surface area contributed by atoms with E-state index in [9.17, 15) is 14.9 Å². The molecule has 0 fully saturated rings. The fourth-order valence-corrected chi connectivity index (χ4v) is 1.51. The van der Waals surface area contributed by atoms with Crippen molar-refractivity contribution in [2.75, 3.05) is 5.32 Å². The van der Waals surface area contributed by atoms with E-state index < -0.39 is 22.7 Å². The number of amides is 1. The number of amidine groups is 1. The molecule has 0 atom stereocenters. The molecule has 0 radical (unpaired) electrons. The van der Waals surface area contributed by atoms with Crippen molar-refractivity contribution >= 4 is 29.3 Å². The van der Waals surface area contributed by atoms with Gasteiger partial charge in [0, 0.05) is 18.2 Å². The molecule has 0 bridgehead atoms. The number of carbonyl (C=O) groups is 2. The van der Waals surface area contributed by atoms with E-state index in [4.69, 9.17) is 25.5 Å². The first-order chi connectivity index (χ1) is 11.2. The van der Waals surface area contributed by atoms with Crippen LogP contribution in [0.4, 0.5) is 11.6 Å². The molecule has 5 N–H and O–H groups in total. The number of anilines is 1. The molecule has 0 aliphatic rings. The van der Waals surface area contributed by atoms with Crippen molar-refractivity contribution in [3.05, 3.63) is 57.8 Å². The lowest BCUT2D eigenvalue weighted by molar-refractivity contribution is -0.402. The maximum absolute atomic E-state index is 11.8. The van der Waals surface area contributed by atoms with Crippen molar-refractivity contribution < 1.29 is 24.0 Å². The molecule has 10 nitrogen and oxygen atoms in total. The second kappa shape index (κ2) is 8.08. The van der Waals surface area contributed by atoms with Gasteiger partial charge in [-0.25, -0.2) is 0 Å². The van der Waals surface area contributed by atoms with Gasteiger partial charge in [0.1, 0.15) is 10.8 Å². The lowest BCUT2D eigenvalue weighted by Gasteiger charge is -2.05. The summed E-state index contributed by atoms with van der Waals surface area (Å²) in [5.41, 5.74) is 6.19. The van der Waals surface area contributed by atoms with Gasteiger partial charge < -0.3 is 20.6 Å². The zero-order valence-corrected chi connectivity index (χ0v) is 12.5. The molecule has 1 aromatic heterocycles. The Kier molecular flexibility index (Phi) is 6.18. The quantitative estimate of drug-likeness (QED) is 0.285. The average Bonchev–Trinajstić information content (AvgIpc) is 2.97. The van der Waals surface area contributed by atoms with Crippen LogP contribution in [0.2, 0.25) is 0 Å². The van der Waals surface area contributed by atoms with Gasteiger partial charge in [-0.05, 0) is 18.2 Å². The molecule has 24 heavy (non-hydrogen) atoms. The number of carbonyl (C=O) groups excluding carboxylic acids is 1. The number of nitro groups is 1. The summed E-state index contributed by atoms with van der Waals surface area (Å²) in [6.45, 7) is 1.08. The van der Waals surface area contributed by atoms with Crippen molar-refractivity contribution in [2.24, 2.45) is 5.73 Å². The van der Waals surface area contributed by atoms with Gasteiger partial charge in [0.05, 0.1) is 6.07 Å². The maximum Gasteiger partial charge on any atom is 0.433 e. The number of nitrogens with zero attached hydrogens (tertiary/aromatic N) is 1. The third-order valence-corrected chi connectivity index (χ3v) is 2.43. The minimum absolute atomic E-state index is 0.130. The average molecular weight is 334 g/mol. The number of nitrogens with two attached hydrogens (primary N) is 1. The van der Waals surface area contributed by atoms with Crippen LogP contribution in [-0.2, 0) is 4.79 Å². The molecule has 0 unspecified atom stereocenters. The number of carboxylic acid groups (broad SMARTS) is 1. The zero-order chi connectivity index (χ0) is 18.3. The molecule has 10 heteroatoms. The van der Waals surface area contributed by atoms with Gasteiger partial charge in [0.15, 0.2) is 5.76 Å². The summed E-state index contributed by atoms with van der Waals surface area (Å²) in [6.07, 6.45) is 0. The highest BCUT2D eigenvalue weighted by molar-refractivity contribution is 6.03. The largest absolute Gasteiger partial charge is 0.481 e. The lowest BCUT2D eigenvalue weighted by atomic mass is 10.2. The lowest BCUT2D eigenvalue weighted by Crippen LogP contribution is -2.14. The molecular formula is C14H14N4O6. The number of hydrogen-bond acceptors (Lipinski definition) is 6. The van der Waals surface area contributed by atoms with Crippen LogP contribution >= 0.6 is 0 Å². The molecule has 0 saturated carbocycles. The summed E-state index contributed by atoms with van der Waals surface area (Å²) in [5.74, 6) is -2.27. The van der Waals surface area contributed by atoms with Gasteiger partial charge in [-0.1, -0.05) is 12.1 Å². The van der Waals surface area contributed by atoms with E-state index >= 15 is 0 Å². The first kappa shape index (κ1) is 18.4. The van der Waals surface area contributed by atoms with E-state index in [0.717, 1.165) is 13.0 Å². The highest BCUT2D eigenvalue weighted by Gasteiger charge is 2.17. The standard InChI is InChI=1S/C12H10N4O4.C2H4O2/c13-11(14)7-2-1-3-8(6-7)15-12(17)9-4-5-10(20-9)16(18)19;1-2(3)4/h1-6H,(H3,13,14)(H,15,17);1H3,(H,3,4). The van der Waals surface area contributed by atoms with E-state index in [1.807, 2.05) is 0 Å². The minimum atomic E-state index is -0.833. The Morgan fingerprint density at radius 3 is 2.46 bits per heavy atom. The second-order valence-corrected chi connectivity index (χ2v) is 4.36. The van der Waals surface area contributed by atoms with Crippen LogP contribution in [0.3, 0.4) is 0 Å². The highest BCUT2D eigenvalue weighted by Crippen LogP contribution is 2.17. The van der Waals surface area contributed by atoms with Crippen molar-refractivity contribution in [3.63, 3.8) is 0 Å². The van der Waals surface area contributed by atoms with Crippen molar-refractivity contribution in [3.8, 4) is 0 Å².